The smallest absolute Gasteiger partial charge is 0.302 e. The Morgan fingerprint density at radius 2 is 1.22 bits per heavy atom. The zero-order chi connectivity index (χ0) is 14.5. The third-order valence-corrected chi connectivity index (χ3v) is 1.72. The maximum absolute atomic E-state index is 12.9. The zero-order valence-corrected chi connectivity index (χ0v) is 9.91. The van der Waals surface area contributed by atoms with Crippen molar-refractivity contribution in [2.45, 2.75) is 27.4 Å². The molecule has 0 aliphatic rings. The van der Waals surface area contributed by atoms with Crippen LogP contribution in [0.15, 0.2) is 0 Å². The van der Waals surface area contributed by atoms with E-state index < -0.39 is 47.2 Å². The summed E-state index contributed by atoms with van der Waals surface area (Å²) < 4.78 is 67.9. The molecule has 0 bridgehead atoms. The maximum atomic E-state index is 12.9. The molecular formula is C11H11F5O2. The van der Waals surface area contributed by atoms with Crippen molar-refractivity contribution < 1.29 is 31.5 Å². The van der Waals surface area contributed by atoms with Crippen LogP contribution in [0.5, 0.6) is 0 Å². The van der Waals surface area contributed by atoms with Crippen molar-refractivity contribution in [2.24, 2.45) is 0 Å². The highest BCUT2D eigenvalue weighted by molar-refractivity contribution is 5.65. The van der Waals surface area contributed by atoms with Gasteiger partial charge in [0.1, 0.15) is 6.61 Å². The fourth-order valence-electron chi connectivity index (χ4n) is 0.951. The van der Waals surface area contributed by atoms with Crippen LogP contribution < -0.4 is 0 Å². The summed E-state index contributed by atoms with van der Waals surface area (Å²) in [6, 6.07) is 0. The van der Waals surface area contributed by atoms with E-state index >= 15 is 0 Å². The predicted molar refractivity (Wildman–Crippen MR) is 53.1 cm³/mol. The van der Waals surface area contributed by atoms with Gasteiger partial charge in [0.05, 0.1) is 5.56 Å². The van der Waals surface area contributed by atoms with Crippen molar-refractivity contribution in [3.63, 3.8) is 0 Å². The van der Waals surface area contributed by atoms with Gasteiger partial charge in [-0.1, -0.05) is 13.8 Å². The van der Waals surface area contributed by atoms with Crippen molar-refractivity contribution in [3.05, 3.63) is 34.6 Å². The van der Waals surface area contributed by atoms with Gasteiger partial charge in [0.15, 0.2) is 23.3 Å². The first kappa shape index (κ1) is 16.3. The highest BCUT2D eigenvalue weighted by atomic mass is 19.2. The van der Waals surface area contributed by atoms with Crippen LogP contribution in [0, 0.1) is 29.1 Å². The summed E-state index contributed by atoms with van der Waals surface area (Å²) in [5, 5.41) is 0. The number of ether oxygens (including phenoxy) is 1. The second kappa shape index (κ2) is 6.93. The van der Waals surface area contributed by atoms with Crippen molar-refractivity contribution in [1.82, 2.24) is 0 Å². The molecule has 0 saturated heterocycles. The van der Waals surface area contributed by atoms with Gasteiger partial charge < -0.3 is 4.74 Å². The topological polar surface area (TPSA) is 26.3 Å². The number of benzene rings is 1. The average Bonchev–Trinajstić information content (AvgIpc) is 2.36. The van der Waals surface area contributed by atoms with Crippen molar-refractivity contribution in [1.29, 1.82) is 0 Å². The SMILES string of the molecule is CC.CC(=O)OCc1c(F)c(F)c(F)c(F)c1F. The Bertz CT molecular complexity index is 417. The third-order valence-electron chi connectivity index (χ3n) is 1.72. The van der Waals surface area contributed by atoms with Crippen LogP contribution in [0.4, 0.5) is 22.0 Å². The molecule has 102 valence electrons. The van der Waals surface area contributed by atoms with Crippen LogP contribution in [-0.2, 0) is 16.1 Å². The Hall–Kier alpha value is -1.66. The molecular weight excluding hydrogens is 259 g/mol. The molecule has 18 heavy (non-hydrogen) atoms. The second-order valence-corrected chi connectivity index (χ2v) is 2.83. The van der Waals surface area contributed by atoms with Crippen LogP contribution in [0.25, 0.3) is 0 Å². The minimum atomic E-state index is -2.25. The largest absolute Gasteiger partial charge is 0.461 e. The van der Waals surface area contributed by atoms with Gasteiger partial charge >= 0.3 is 5.97 Å². The fourth-order valence-corrected chi connectivity index (χ4v) is 0.951. The monoisotopic (exact) mass is 270 g/mol. The molecule has 0 fully saturated rings. The predicted octanol–water partition coefficient (Wildman–Crippen LogP) is 3.47. The summed E-state index contributed by atoms with van der Waals surface area (Å²) in [6.45, 7) is 3.92. The van der Waals surface area contributed by atoms with Crippen LogP contribution in [0.2, 0.25) is 0 Å². The summed E-state index contributed by atoms with van der Waals surface area (Å²) in [4.78, 5) is 10.3. The summed E-state index contributed by atoms with van der Waals surface area (Å²) in [6.07, 6.45) is 0. The van der Waals surface area contributed by atoms with E-state index in [4.69, 9.17) is 0 Å². The van der Waals surface area contributed by atoms with E-state index in [9.17, 15) is 26.7 Å². The van der Waals surface area contributed by atoms with Gasteiger partial charge in [-0.05, 0) is 0 Å². The first-order valence-corrected chi connectivity index (χ1v) is 5.00. The molecule has 7 heteroatoms. The van der Waals surface area contributed by atoms with Crippen LogP contribution in [0.3, 0.4) is 0 Å². The molecule has 0 heterocycles. The van der Waals surface area contributed by atoms with Gasteiger partial charge in [-0.3, -0.25) is 4.79 Å². The van der Waals surface area contributed by atoms with E-state index in [-0.39, 0.29) is 0 Å². The number of rotatable bonds is 2. The molecule has 1 aromatic carbocycles. The Labute approximate surface area is 100 Å². The normalized spacial score (nSPS) is 9.56. The Kier molecular flexibility index (Phi) is 6.29. The molecule has 1 rings (SSSR count). The minimum absolute atomic E-state index is 0.899. The standard InChI is InChI=1S/C9H5F5O2.C2H6/c1-3(15)16-2-4-5(10)7(12)9(14)8(13)6(4)11;1-2/h2H2,1H3;1-2H3. The fraction of sp³-hybridized carbons (Fsp3) is 0.364. The number of hydrogen-bond acceptors (Lipinski definition) is 2. The Morgan fingerprint density at radius 1 is 0.889 bits per heavy atom. The highest BCUT2D eigenvalue weighted by Crippen LogP contribution is 2.23. The van der Waals surface area contributed by atoms with E-state index in [0.717, 1.165) is 6.92 Å². The summed E-state index contributed by atoms with van der Waals surface area (Å²) >= 11 is 0. The number of carbonyl (C=O) groups is 1. The lowest BCUT2D eigenvalue weighted by molar-refractivity contribution is -0.142. The van der Waals surface area contributed by atoms with Gasteiger partial charge in [-0.15, -0.1) is 0 Å². The molecule has 0 radical (unpaired) electrons. The van der Waals surface area contributed by atoms with Crippen molar-refractivity contribution in [3.8, 4) is 0 Å². The van der Waals surface area contributed by atoms with Gasteiger partial charge in [-0.2, -0.15) is 0 Å². The molecule has 0 N–H and O–H groups in total. The Balaban J connectivity index is 0.00000137. The second-order valence-electron chi connectivity index (χ2n) is 2.83. The van der Waals surface area contributed by atoms with Crippen molar-refractivity contribution >= 4 is 5.97 Å². The lowest BCUT2D eigenvalue weighted by atomic mass is 10.2. The summed E-state index contributed by atoms with van der Waals surface area (Å²) in [7, 11) is 0. The molecule has 0 unspecified atom stereocenters. The van der Waals surface area contributed by atoms with Gasteiger partial charge in [0.2, 0.25) is 5.82 Å². The third kappa shape index (κ3) is 3.41. The lowest BCUT2D eigenvalue weighted by Gasteiger charge is -2.07. The molecule has 2 nitrogen and oxygen atoms in total. The molecule has 0 aliphatic heterocycles. The van der Waals surface area contributed by atoms with E-state index in [0.29, 0.717) is 0 Å². The van der Waals surface area contributed by atoms with Crippen LogP contribution >= 0.6 is 0 Å². The van der Waals surface area contributed by atoms with E-state index in [1.165, 1.54) is 0 Å². The molecule has 0 saturated carbocycles. The molecule has 0 spiro atoms. The lowest BCUT2D eigenvalue weighted by Crippen LogP contribution is -2.10. The average molecular weight is 270 g/mol. The number of hydrogen-bond donors (Lipinski definition) is 0. The summed E-state index contributed by atoms with van der Waals surface area (Å²) in [5.41, 5.74) is -1.17. The number of carbonyl (C=O) groups excluding carboxylic acids is 1. The number of halogens is 5. The minimum Gasteiger partial charge on any atom is -0.461 e. The van der Waals surface area contributed by atoms with E-state index in [1.807, 2.05) is 13.8 Å². The molecule has 0 amide bonds. The summed E-state index contributed by atoms with van der Waals surface area (Å²) in [5.74, 6) is -11.3. The number of esters is 1. The Morgan fingerprint density at radius 3 is 1.56 bits per heavy atom. The van der Waals surface area contributed by atoms with Gasteiger partial charge in [-0.25, -0.2) is 22.0 Å². The molecule has 0 atom stereocenters. The van der Waals surface area contributed by atoms with Gasteiger partial charge in [0, 0.05) is 6.92 Å². The van der Waals surface area contributed by atoms with E-state index in [2.05, 4.69) is 4.74 Å². The quantitative estimate of drug-likeness (QED) is 0.356. The molecule has 0 aliphatic carbocycles. The van der Waals surface area contributed by atoms with Crippen LogP contribution in [0.1, 0.15) is 26.3 Å². The van der Waals surface area contributed by atoms with E-state index in [1.54, 1.807) is 0 Å². The maximum Gasteiger partial charge on any atom is 0.302 e. The van der Waals surface area contributed by atoms with Crippen molar-refractivity contribution in [2.75, 3.05) is 0 Å². The zero-order valence-electron chi connectivity index (χ0n) is 9.91. The first-order valence-electron chi connectivity index (χ1n) is 5.00. The van der Waals surface area contributed by atoms with Crippen LogP contribution in [-0.4, -0.2) is 5.97 Å². The highest BCUT2D eigenvalue weighted by Gasteiger charge is 2.25. The first-order chi connectivity index (χ1) is 8.36. The molecule has 0 aromatic heterocycles. The van der Waals surface area contributed by atoms with Gasteiger partial charge in [0.25, 0.3) is 0 Å². The molecule has 1 aromatic rings.